The number of amides is 1. The SMILES string of the molecule is Cc1ccc2c(c1)c(=O)ccn2CCC(N)=O. The molecule has 0 unspecified atom stereocenters. The quantitative estimate of drug-likeness (QED) is 0.860. The number of carbonyl (C=O) groups excluding carboxylic acids is 1. The minimum atomic E-state index is -0.344. The van der Waals surface area contributed by atoms with E-state index >= 15 is 0 Å². The number of hydrogen-bond donors (Lipinski definition) is 1. The zero-order valence-electron chi connectivity index (χ0n) is 9.64. The van der Waals surface area contributed by atoms with Gasteiger partial charge in [0.05, 0.1) is 5.52 Å². The van der Waals surface area contributed by atoms with Gasteiger partial charge in [-0.15, -0.1) is 0 Å². The first-order chi connectivity index (χ1) is 8.08. The van der Waals surface area contributed by atoms with E-state index in [-0.39, 0.29) is 17.8 Å². The molecule has 0 fully saturated rings. The van der Waals surface area contributed by atoms with Gasteiger partial charge >= 0.3 is 0 Å². The third-order valence-electron chi connectivity index (χ3n) is 2.73. The van der Waals surface area contributed by atoms with Crippen LogP contribution in [0.3, 0.4) is 0 Å². The van der Waals surface area contributed by atoms with Gasteiger partial charge in [0.2, 0.25) is 5.91 Å². The molecule has 2 aromatic rings. The van der Waals surface area contributed by atoms with Crippen LogP contribution in [-0.2, 0) is 11.3 Å². The van der Waals surface area contributed by atoms with Crippen LogP contribution in [0.15, 0.2) is 35.3 Å². The Morgan fingerprint density at radius 2 is 2.12 bits per heavy atom. The lowest BCUT2D eigenvalue weighted by molar-refractivity contribution is -0.118. The lowest BCUT2D eigenvalue weighted by Gasteiger charge is -2.09. The number of aryl methyl sites for hydroxylation is 2. The molecule has 0 saturated carbocycles. The molecule has 2 rings (SSSR count). The van der Waals surface area contributed by atoms with Crippen molar-refractivity contribution >= 4 is 16.8 Å². The molecule has 2 N–H and O–H groups in total. The second-order valence-electron chi connectivity index (χ2n) is 4.11. The van der Waals surface area contributed by atoms with Crippen LogP contribution in [0.4, 0.5) is 0 Å². The van der Waals surface area contributed by atoms with Gasteiger partial charge in [-0.25, -0.2) is 0 Å². The second kappa shape index (κ2) is 4.41. The van der Waals surface area contributed by atoms with Gasteiger partial charge in [0.1, 0.15) is 0 Å². The fourth-order valence-corrected chi connectivity index (χ4v) is 1.85. The lowest BCUT2D eigenvalue weighted by Crippen LogP contribution is -2.15. The maximum absolute atomic E-state index is 11.7. The highest BCUT2D eigenvalue weighted by atomic mass is 16.1. The van der Waals surface area contributed by atoms with Crippen molar-refractivity contribution in [2.24, 2.45) is 5.73 Å². The van der Waals surface area contributed by atoms with Gasteiger partial charge in [-0.3, -0.25) is 9.59 Å². The third-order valence-corrected chi connectivity index (χ3v) is 2.73. The van der Waals surface area contributed by atoms with E-state index in [1.165, 1.54) is 6.07 Å². The highest BCUT2D eigenvalue weighted by molar-refractivity contribution is 5.80. The van der Waals surface area contributed by atoms with Gasteiger partial charge in [-0.05, 0) is 19.1 Å². The topological polar surface area (TPSA) is 65.1 Å². The van der Waals surface area contributed by atoms with Crippen molar-refractivity contribution in [2.75, 3.05) is 0 Å². The fraction of sp³-hybridized carbons (Fsp3) is 0.231. The lowest BCUT2D eigenvalue weighted by atomic mass is 10.1. The van der Waals surface area contributed by atoms with Crippen molar-refractivity contribution in [3.63, 3.8) is 0 Å². The molecule has 1 aromatic carbocycles. The van der Waals surface area contributed by atoms with Crippen molar-refractivity contribution in [1.29, 1.82) is 0 Å². The number of rotatable bonds is 3. The molecule has 1 aromatic heterocycles. The van der Waals surface area contributed by atoms with E-state index < -0.39 is 0 Å². The Bertz CT molecular complexity index is 629. The van der Waals surface area contributed by atoms with E-state index in [4.69, 9.17) is 5.73 Å². The van der Waals surface area contributed by atoms with Crippen LogP contribution in [-0.4, -0.2) is 10.5 Å². The van der Waals surface area contributed by atoms with Gasteiger partial charge in [0.15, 0.2) is 5.43 Å². The number of primary amides is 1. The molecule has 88 valence electrons. The van der Waals surface area contributed by atoms with Gasteiger partial charge in [0.25, 0.3) is 0 Å². The molecule has 0 spiro atoms. The summed E-state index contributed by atoms with van der Waals surface area (Å²) in [6, 6.07) is 7.22. The Hall–Kier alpha value is -2.10. The highest BCUT2D eigenvalue weighted by Crippen LogP contribution is 2.12. The molecule has 0 bridgehead atoms. The number of hydrogen-bond acceptors (Lipinski definition) is 2. The number of nitrogens with zero attached hydrogens (tertiary/aromatic N) is 1. The molecule has 4 heteroatoms. The van der Waals surface area contributed by atoms with Crippen molar-refractivity contribution in [3.05, 3.63) is 46.2 Å². The number of fused-ring (bicyclic) bond motifs is 1. The van der Waals surface area contributed by atoms with Crippen LogP contribution in [0.25, 0.3) is 10.9 Å². The Morgan fingerprint density at radius 1 is 1.35 bits per heavy atom. The Morgan fingerprint density at radius 3 is 2.82 bits per heavy atom. The standard InChI is InChI=1S/C13H14N2O2/c1-9-2-3-11-10(8-9)12(16)4-6-15(11)7-5-13(14)17/h2-4,6,8H,5,7H2,1H3,(H2,14,17). The van der Waals surface area contributed by atoms with Crippen LogP contribution in [0.2, 0.25) is 0 Å². The predicted octanol–water partition coefficient (Wildman–Crippen LogP) is 1.19. The van der Waals surface area contributed by atoms with E-state index in [1.807, 2.05) is 29.7 Å². The van der Waals surface area contributed by atoms with Crippen molar-refractivity contribution < 1.29 is 4.79 Å². The first kappa shape index (κ1) is 11.4. The molecule has 0 aliphatic heterocycles. The molecular weight excluding hydrogens is 216 g/mol. The first-order valence-electron chi connectivity index (χ1n) is 5.46. The largest absolute Gasteiger partial charge is 0.370 e. The number of carbonyl (C=O) groups is 1. The molecule has 0 aliphatic rings. The Balaban J connectivity index is 2.54. The van der Waals surface area contributed by atoms with Gasteiger partial charge in [-0.1, -0.05) is 11.6 Å². The average molecular weight is 230 g/mol. The van der Waals surface area contributed by atoms with Crippen molar-refractivity contribution in [3.8, 4) is 0 Å². The number of nitrogens with two attached hydrogens (primary N) is 1. The number of pyridine rings is 1. The molecular formula is C13H14N2O2. The third kappa shape index (κ3) is 2.36. The van der Waals surface area contributed by atoms with Crippen molar-refractivity contribution in [1.82, 2.24) is 4.57 Å². The zero-order chi connectivity index (χ0) is 12.4. The normalized spacial score (nSPS) is 10.6. The zero-order valence-corrected chi connectivity index (χ0v) is 9.64. The highest BCUT2D eigenvalue weighted by Gasteiger charge is 2.03. The molecule has 4 nitrogen and oxygen atoms in total. The molecule has 0 radical (unpaired) electrons. The maximum Gasteiger partial charge on any atom is 0.219 e. The summed E-state index contributed by atoms with van der Waals surface area (Å²) in [5.41, 5.74) is 7.00. The maximum atomic E-state index is 11.7. The van der Waals surface area contributed by atoms with E-state index in [9.17, 15) is 9.59 Å². The van der Waals surface area contributed by atoms with Gasteiger partial charge < -0.3 is 10.3 Å². The van der Waals surface area contributed by atoms with Crippen LogP contribution in [0.5, 0.6) is 0 Å². The van der Waals surface area contributed by atoms with Gasteiger partial charge in [0, 0.05) is 30.6 Å². The predicted molar refractivity (Wildman–Crippen MR) is 66.8 cm³/mol. The fourth-order valence-electron chi connectivity index (χ4n) is 1.85. The van der Waals surface area contributed by atoms with E-state index in [0.29, 0.717) is 11.9 Å². The minimum Gasteiger partial charge on any atom is -0.370 e. The second-order valence-corrected chi connectivity index (χ2v) is 4.11. The Labute approximate surface area is 98.7 Å². The summed E-state index contributed by atoms with van der Waals surface area (Å²) < 4.78 is 1.88. The molecule has 0 saturated heterocycles. The number of benzene rings is 1. The first-order valence-corrected chi connectivity index (χ1v) is 5.46. The minimum absolute atomic E-state index is 0.000903. The average Bonchev–Trinajstić information content (AvgIpc) is 2.28. The van der Waals surface area contributed by atoms with E-state index in [1.54, 1.807) is 6.20 Å². The van der Waals surface area contributed by atoms with E-state index in [0.717, 1.165) is 11.1 Å². The molecule has 17 heavy (non-hydrogen) atoms. The summed E-state index contributed by atoms with van der Waals surface area (Å²) in [4.78, 5) is 22.5. The molecule has 1 heterocycles. The number of aromatic nitrogens is 1. The summed E-state index contributed by atoms with van der Waals surface area (Å²) in [5, 5.41) is 0.678. The Kier molecular flexibility index (Phi) is 2.95. The summed E-state index contributed by atoms with van der Waals surface area (Å²) in [5.74, 6) is -0.344. The molecule has 0 aliphatic carbocycles. The van der Waals surface area contributed by atoms with Crippen LogP contribution in [0.1, 0.15) is 12.0 Å². The smallest absolute Gasteiger partial charge is 0.219 e. The van der Waals surface area contributed by atoms with Crippen molar-refractivity contribution in [2.45, 2.75) is 19.9 Å². The van der Waals surface area contributed by atoms with Crippen LogP contribution in [0, 0.1) is 6.92 Å². The molecule has 1 amide bonds. The summed E-state index contributed by atoms with van der Waals surface area (Å²) >= 11 is 0. The van der Waals surface area contributed by atoms with Gasteiger partial charge in [-0.2, -0.15) is 0 Å². The van der Waals surface area contributed by atoms with Crippen LogP contribution >= 0.6 is 0 Å². The summed E-state index contributed by atoms with van der Waals surface area (Å²) in [6.45, 7) is 2.44. The summed E-state index contributed by atoms with van der Waals surface area (Å²) in [6.07, 6.45) is 1.97. The van der Waals surface area contributed by atoms with Crippen LogP contribution < -0.4 is 11.2 Å². The van der Waals surface area contributed by atoms with E-state index in [2.05, 4.69) is 0 Å². The summed E-state index contributed by atoms with van der Waals surface area (Å²) in [7, 11) is 0. The monoisotopic (exact) mass is 230 g/mol. The molecule has 0 atom stereocenters.